The van der Waals surface area contributed by atoms with Crippen LogP contribution in [-0.2, 0) is 0 Å². The Morgan fingerprint density at radius 3 is 2.57 bits per heavy atom. The molecule has 1 aromatic carbocycles. The van der Waals surface area contributed by atoms with E-state index in [-0.39, 0.29) is 12.2 Å². The summed E-state index contributed by atoms with van der Waals surface area (Å²) in [6, 6.07) is 10.3. The van der Waals surface area contributed by atoms with Crippen LogP contribution >= 0.6 is 0 Å². The predicted octanol–water partition coefficient (Wildman–Crippen LogP) is 0.851. The molecule has 0 fully saturated rings. The van der Waals surface area contributed by atoms with Crippen molar-refractivity contribution < 1.29 is 0 Å². The number of nitrogens with one attached hydrogen (secondary N) is 2. The van der Waals surface area contributed by atoms with Gasteiger partial charge in [0.15, 0.2) is 0 Å². The van der Waals surface area contributed by atoms with Crippen LogP contribution in [0.3, 0.4) is 0 Å². The summed E-state index contributed by atoms with van der Waals surface area (Å²) in [6.07, 6.45) is 2.12. The van der Waals surface area contributed by atoms with Crippen LogP contribution in [-0.4, -0.2) is 12.2 Å². The van der Waals surface area contributed by atoms with E-state index in [2.05, 4.69) is 22.8 Å². The van der Waals surface area contributed by atoms with Gasteiger partial charge in [-0.1, -0.05) is 30.3 Å². The van der Waals surface area contributed by atoms with E-state index in [9.17, 15) is 0 Å². The average Bonchev–Trinajstić information content (AvgIpc) is 2.68. The summed E-state index contributed by atoms with van der Waals surface area (Å²) in [5.74, 6) is 0. The van der Waals surface area contributed by atoms with Crippen LogP contribution in [0.1, 0.15) is 12.5 Å². The molecule has 0 aliphatic carbocycles. The molecule has 0 amide bonds. The lowest BCUT2D eigenvalue weighted by Gasteiger charge is -2.17. The number of nitrogens with two attached hydrogens (primary N) is 1. The quantitative estimate of drug-likeness (QED) is 0.646. The molecule has 2 atom stereocenters. The summed E-state index contributed by atoms with van der Waals surface area (Å²) in [4.78, 5) is 0. The Balaban J connectivity index is 2.09. The number of rotatable bonds is 2. The van der Waals surface area contributed by atoms with Gasteiger partial charge < -0.3 is 16.4 Å². The molecule has 14 heavy (non-hydrogen) atoms. The highest BCUT2D eigenvalue weighted by atomic mass is 15.2. The van der Waals surface area contributed by atoms with E-state index in [4.69, 9.17) is 5.73 Å². The molecule has 0 saturated carbocycles. The van der Waals surface area contributed by atoms with Crippen molar-refractivity contribution in [3.8, 4) is 0 Å². The van der Waals surface area contributed by atoms with Gasteiger partial charge >= 0.3 is 0 Å². The lowest BCUT2D eigenvalue weighted by atomic mass is 10.2. The second-order valence-electron chi connectivity index (χ2n) is 3.57. The van der Waals surface area contributed by atoms with Crippen molar-refractivity contribution in [3.63, 3.8) is 0 Å². The molecule has 2 rings (SSSR count). The first kappa shape index (κ1) is 9.09. The molecule has 3 nitrogen and oxygen atoms in total. The Kier molecular flexibility index (Phi) is 2.41. The van der Waals surface area contributed by atoms with Crippen LogP contribution in [0.4, 0.5) is 0 Å². The molecular formula is C11H15N3. The zero-order chi connectivity index (χ0) is 9.97. The third-order valence-electron chi connectivity index (χ3n) is 2.33. The van der Waals surface area contributed by atoms with Crippen LogP contribution in [0.5, 0.6) is 0 Å². The Morgan fingerprint density at radius 2 is 2.00 bits per heavy atom. The molecule has 3 heteroatoms. The van der Waals surface area contributed by atoms with Gasteiger partial charge in [-0.2, -0.15) is 0 Å². The zero-order valence-electron chi connectivity index (χ0n) is 8.20. The van der Waals surface area contributed by atoms with Crippen molar-refractivity contribution in [3.05, 3.63) is 42.1 Å². The lowest BCUT2D eigenvalue weighted by molar-refractivity contribution is 0.488. The molecule has 2 unspecified atom stereocenters. The maximum Gasteiger partial charge on any atom is 0.111 e. The monoisotopic (exact) mass is 189 g/mol. The molecule has 0 saturated heterocycles. The summed E-state index contributed by atoms with van der Waals surface area (Å²) in [5, 5.41) is 6.54. The summed E-state index contributed by atoms with van der Waals surface area (Å²) < 4.78 is 0. The highest BCUT2D eigenvalue weighted by molar-refractivity contribution is 5.65. The summed E-state index contributed by atoms with van der Waals surface area (Å²) >= 11 is 0. The summed E-state index contributed by atoms with van der Waals surface area (Å²) in [7, 11) is 0. The average molecular weight is 189 g/mol. The topological polar surface area (TPSA) is 50.1 Å². The maximum atomic E-state index is 5.78. The Labute approximate surface area is 84.0 Å². The first-order chi connectivity index (χ1) is 6.77. The van der Waals surface area contributed by atoms with E-state index in [1.54, 1.807) is 0 Å². The smallest absolute Gasteiger partial charge is 0.111 e. The molecule has 1 aromatic rings. The zero-order valence-corrected chi connectivity index (χ0v) is 8.20. The van der Waals surface area contributed by atoms with Gasteiger partial charge in [0.05, 0.1) is 5.70 Å². The second kappa shape index (κ2) is 3.72. The number of benzene rings is 1. The maximum absolute atomic E-state index is 5.78. The van der Waals surface area contributed by atoms with E-state index in [0.717, 1.165) is 5.70 Å². The summed E-state index contributed by atoms with van der Waals surface area (Å²) in [5.41, 5.74) is 8.07. The molecule has 0 bridgehead atoms. The number of hydrogen-bond donors (Lipinski definition) is 3. The molecule has 74 valence electrons. The molecule has 0 radical (unpaired) electrons. The minimum atomic E-state index is 0.0902. The molecule has 0 aromatic heterocycles. The Morgan fingerprint density at radius 1 is 1.29 bits per heavy atom. The lowest BCUT2D eigenvalue weighted by Crippen LogP contribution is -2.46. The van der Waals surface area contributed by atoms with Gasteiger partial charge in [-0.3, -0.25) is 0 Å². The third-order valence-corrected chi connectivity index (χ3v) is 2.33. The largest absolute Gasteiger partial charge is 0.368 e. The highest BCUT2D eigenvalue weighted by Crippen LogP contribution is 2.14. The predicted molar refractivity (Wildman–Crippen MR) is 58.1 cm³/mol. The normalized spacial score (nSPS) is 22.1. The van der Waals surface area contributed by atoms with Crippen LogP contribution in [0, 0.1) is 0 Å². The first-order valence-corrected chi connectivity index (χ1v) is 4.81. The van der Waals surface area contributed by atoms with Gasteiger partial charge in [0.25, 0.3) is 0 Å². The van der Waals surface area contributed by atoms with Gasteiger partial charge in [-0.15, -0.1) is 0 Å². The SMILES string of the molecule is CC(N)C1NC=C(c2ccccc2)N1. The van der Waals surface area contributed by atoms with Crippen molar-refractivity contribution in [1.29, 1.82) is 0 Å². The van der Waals surface area contributed by atoms with Crippen LogP contribution in [0.25, 0.3) is 5.70 Å². The molecular weight excluding hydrogens is 174 g/mol. The van der Waals surface area contributed by atoms with Gasteiger partial charge in [-0.25, -0.2) is 0 Å². The molecule has 0 spiro atoms. The Hall–Kier alpha value is -1.48. The van der Waals surface area contributed by atoms with Crippen LogP contribution < -0.4 is 16.4 Å². The van der Waals surface area contributed by atoms with Crippen molar-refractivity contribution in [2.24, 2.45) is 5.73 Å². The first-order valence-electron chi connectivity index (χ1n) is 4.81. The van der Waals surface area contributed by atoms with Crippen molar-refractivity contribution in [2.45, 2.75) is 19.1 Å². The van der Waals surface area contributed by atoms with E-state index in [1.807, 2.05) is 31.3 Å². The van der Waals surface area contributed by atoms with Crippen molar-refractivity contribution >= 4 is 5.70 Å². The molecule has 1 heterocycles. The fourth-order valence-electron chi connectivity index (χ4n) is 1.49. The van der Waals surface area contributed by atoms with E-state index in [0.29, 0.717) is 0 Å². The highest BCUT2D eigenvalue weighted by Gasteiger charge is 2.18. The van der Waals surface area contributed by atoms with Gasteiger partial charge in [0.1, 0.15) is 6.17 Å². The third kappa shape index (κ3) is 1.72. The van der Waals surface area contributed by atoms with Crippen molar-refractivity contribution in [2.75, 3.05) is 0 Å². The standard InChI is InChI=1S/C11H15N3/c1-8(12)11-13-7-10(14-11)9-5-3-2-4-6-9/h2-8,11,13-14H,12H2,1H3. The van der Waals surface area contributed by atoms with Crippen LogP contribution in [0.15, 0.2) is 36.5 Å². The van der Waals surface area contributed by atoms with Crippen molar-refractivity contribution in [1.82, 2.24) is 10.6 Å². The Bertz CT molecular complexity index is 330. The van der Waals surface area contributed by atoms with Gasteiger partial charge in [-0.05, 0) is 12.5 Å². The van der Waals surface area contributed by atoms with E-state index < -0.39 is 0 Å². The molecule has 1 aliphatic rings. The molecule has 4 N–H and O–H groups in total. The van der Waals surface area contributed by atoms with E-state index in [1.165, 1.54) is 5.56 Å². The van der Waals surface area contributed by atoms with Gasteiger partial charge in [0.2, 0.25) is 0 Å². The minimum absolute atomic E-state index is 0.0902. The fraction of sp³-hybridized carbons (Fsp3) is 0.273. The number of hydrogen-bond acceptors (Lipinski definition) is 3. The minimum Gasteiger partial charge on any atom is -0.368 e. The summed E-state index contributed by atoms with van der Waals surface area (Å²) in [6.45, 7) is 1.98. The molecule has 1 aliphatic heterocycles. The van der Waals surface area contributed by atoms with Gasteiger partial charge in [0, 0.05) is 12.2 Å². The fourth-order valence-corrected chi connectivity index (χ4v) is 1.49. The second-order valence-corrected chi connectivity index (χ2v) is 3.57. The van der Waals surface area contributed by atoms with E-state index >= 15 is 0 Å². The van der Waals surface area contributed by atoms with Crippen LogP contribution in [0.2, 0.25) is 0 Å².